The van der Waals surface area contributed by atoms with Gasteiger partial charge in [0.15, 0.2) is 0 Å². The Bertz CT molecular complexity index is 1010. The van der Waals surface area contributed by atoms with Crippen LogP contribution in [-0.4, -0.2) is 67.6 Å². The van der Waals surface area contributed by atoms with Gasteiger partial charge in [-0.1, -0.05) is 24.1 Å². The molecule has 0 saturated carbocycles. The predicted octanol–water partition coefficient (Wildman–Crippen LogP) is 3.75. The summed E-state index contributed by atoms with van der Waals surface area (Å²) in [6.45, 7) is 5.98. The van der Waals surface area contributed by atoms with Crippen molar-refractivity contribution in [3.05, 3.63) is 59.2 Å². The molecule has 3 aliphatic rings. The van der Waals surface area contributed by atoms with Crippen molar-refractivity contribution in [2.75, 3.05) is 49.6 Å². The van der Waals surface area contributed by atoms with E-state index in [0.717, 1.165) is 44.6 Å². The van der Waals surface area contributed by atoms with Crippen LogP contribution in [0.25, 0.3) is 0 Å². The molecule has 0 radical (unpaired) electrons. The highest BCUT2D eigenvalue weighted by Crippen LogP contribution is 2.34. The second-order valence-corrected chi connectivity index (χ2v) is 9.29. The average Bonchev–Trinajstić information content (AvgIpc) is 3.09. The lowest BCUT2D eigenvalue weighted by atomic mass is 10.0. The number of amides is 2. The fourth-order valence-electron chi connectivity index (χ4n) is 5.29. The zero-order valence-electron chi connectivity index (χ0n) is 19.1. The van der Waals surface area contributed by atoms with Crippen molar-refractivity contribution in [1.29, 1.82) is 0 Å². The molecule has 0 aliphatic carbocycles. The van der Waals surface area contributed by atoms with Crippen LogP contribution in [-0.2, 0) is 0 Å². The number of fused-ring (bicyclic) bond motifs is 2. The van der Waals surface area contributed by atoms with E-state index in [1.807, 2.05) is 28.0 Å². The van der Waals surface area contributed by atoms with Gasteiger partial charge in [-0.2, -0.15) is 0 Å². The summed E-state index contributed by atoms with van der Waals surface area (Å²) < 4.78 is 0. The number of nitrogens with zero attached hydrogens (tertiary/aromatic N) is 4. The lowest BCUT2D eigenvalue weighted by Gasteiger charge is -2.43. The number of carbonyl (C=O) groups excluding carboxylic acids is 2. The zero-order valence-corrected chi connectivity index (χ0v) is 19.1. The van der Waals surface area contributed by atoms with Gasteiger partial charge >= 0.3 is 0 Å². The van der Waals surface area contributed by atoms with E-state index in [9.17, 15) is 9.59 Å². The number of carbonyl (C=O) groups is 2. The first-order valence-electron chi connectivity index (χ1n) is 11.8. The van der Waals surface area contributed by atoms with E-state index in [2.05, 4.69) is 48.0 Å². The number of rotatable bonds is 2. The SMILES string of the molecule is Cc1ccc(N2CCN(C(=O)c3ccc4c(c3)N(C)C3CCCCCN3C4=O)CC2)cc1. The van der Waals surface area contributed by atoms with Crippen molar-refractivity contribution in [3.8, 4) is 0 Å². The molecule has 1 unspecified atom stereocenters. The highest BCUT2D eigenvalue weighted by Gasteiger charge is 2.36. The van der Waals surface area contributed by atoms with Gasteiger partial charge in [0, 0.05) is 51.0 Å². The average molecular weight is 433 g/mol. The van der Waals surface area contributed by atoms with Crippen molar-refractivity contribution in [3.63, 3.8) is 0 Å². The van der Waals surface area contributed by atoms with Gasteiger partial charge in [0.2, 0.25) is 0 Å². The second-order valence-electron chi connectivity index (χ2n) is 9.29. The molecule has 6 heteroatoms. The minimum absolute atomic E-state index is 0.0560. The summed E-state index contributed by atoms with van der Waals surface area (Å²) in [5.74, 6) is 0.163. The first kappa shape index (κ1) is 20.9. The van der Waals surface area contributed by atoms with E-state index in [1.165, 1.54) is 17.7 Å². The van der Waals surface area contributed by atoms with E-state index in [4.69, 9.17) is 0 Å². The van der Waals surface area contributed by atoms with Crippen LogP contribution in [0.4, 0.5) is 11.4 Å². The molecule has 0 aromatic heterocycles. The Morgan fingerprint density at radius 1 is 0.906 bits per heavy atom. The summed E-state index contributed by atoms with van der Waals surface area (Å²) in [7, 11) is 2.06. The number of anilines is 2. The molecule has 32 heavy (non-hydrogen) atoms. The molecule has 2 amide bonds. The van der Waals surface area contributed by atoms with Crippen molar-refractivity contribution in [2.24, 2.45) is 0 Å². The van der Waals surface area contributed by atoms with Crippen molar-refractivity contribution in [2.45, 2.75) is 38.8 Å². The maximum Gasteiger partial charge on any atom is 0.257 e. The minimum atomic E-state index is 0.0560. The summed E-state index contributed by atoms with van der Waals surface area (Å²) in [6, 6.07) is 14.2. The summed E-state index contributed by atoms with van der Waals surface area (Å²) in [5.41, 5.74) is 4.75. The van der Waals surface area contributed by atoms with Gasteiger partial charge in [-0.3, -0.25) is 9.59 Å². The normalized spacial score (nSPS) is 21.2. The molecular weight excluding hydrogens is 400 g/mol. The molecule has 0 bridgehead atoms. The van der Waals surface area contributed by atoms with Crippen molar-refractivity contribution >= 4 is 23.2 Å². The van der Waals surface area contributed by atoms with E-state index >= 15 is 0 Å². The van der Waals surface area contributed by atoms with E-state index in [1.54, 1.807) is 0 Å². The van der Waals surface area contributed by atoms with Crippen LogP contribution in [0.1, 0.15) is 52.0 Å². The second kappa shape index (κ2) is 8.49. The Labute approximate surface area is 190 Å². The standard InChI is InChI=1S/C26H32N4O2/c1-19-7-10-21(11-8-19)28-14-16-29(17-15-28)25(31)20-9-12-22-23(18-20)27(2)24-6-4-3-5-13-30(24)26(22)32/h7-12,18,24H,3-6,13-17H2,1-2H3. The summed E-state index contributed by atoms with van der Waals surface area (Å²) in [5, 5.41) is 0. The van der Waals surface area contributed by atoms with E-state index in [0.29, 0.717) is 24.2 Å². The largest absolute Gasteiger partial charge is 0.368 e. The van der Waals surface area contributed by atoms with Gasteiger partial charge in [-0.15, -0.1) is 0 Å². The maximum absolute atomic E-state index is 13.3. The number of hydrogen-bond acceptors (Lipinski definition) is 4. The van der Waals surface area contributed by atoms with Crippen LogP contribution in [0.3, 0.4) is 0 Å². The monoisotopic (exact) mass is 432 g/mol. The lowest BCUT2D eigenvalue weighted by Crippen LogP contribution is -2.53. The molecule has 3 aliphatic heterocycles. The van der Waals surface area contributed by atoms with Crippen molar-refractivity contribution in [1.82, 2.24) is 9.80 Å². The third kappa shape index (κ3) is 3.72. The van der Waals surface area contributed by atoms with Gasteiger partial charge in [-0.05, 0) is 56.5 Å². The summed E-state index contributed by atoms with van der Waals surface area (Å²) in [4.78, 5) is 34.9. The van der Waals surface area contributed by atoms with Crippen LogP contribution < -0.4 is 9.80 Å². The minimum Gasteiger partial charge on any atom is -0.368 e. The van der Waals surface area contributed by atoms with Gasteiger partial charge in [0.25, 0.3) is 11.8 Å². The Kier molecular flexibility index (Phi) is 5.53. The van der Waals surface area contributed by atoms with E-state index in [-0.39, 0.29) is 18.0 Å². The first-order chi connectivity index (χ1) is 15.5. The quantitative estimate of drug-likeness (QED) is 0.725. The molecule has 0 N–H and O–H groups in total. The Hall–Kier alpha value is -3.02. The highest BCUT2D eigenvalue weighted by molar-refractivity contribution is 6.04. The number of hydrogen-bond donors (Lipinski definition) is 0. The number of aryl methyl sites for hydroxylation is 1. The molecule has 3 heterocycles. The van der Waals surface area contributed by atoms with Crippen LogP contribution in [0.2, 0.25) is 0 Å². The Morgan fingerprint density at radius 3 is 2.41 bits per heavy atom. The summed E-state index contributed by atoms with van der Waals surface area (Å²) in [6.07, 6.45) is 4.46. The predicted molar refractivity (Wildman–Crippen MR) is 127 cm³/mol. The highest BCUT2D eigenvalue weighted by atomic mass is 16.2. The number of piperazine rings is 1. The molecule has 1 atom stereocenters. The molecule has 0 spiro atoms. The first-order valence-corrected chi connectivity index (χ1v) is 11.8. The smallest absolute Gasteiger partial charge is 0.257 e. The Morgan fingerprint density at radius 2 is 1.66 bits per heavy atom. The lowest BCUT2D eigenvalue weighted by molar-refractivity contribution is 0.0659. The fraction of sp³-hybridized carbons (Fsp3) is 0.462. The van der Waals surface area contributed by atoms with E-state index < -0.39 is 0 Å². The molecular formula is C26H32N4O2. The van der Waals surface area contributed by atoms with Crippen LogP contribution in [0.5, 0.6) is 0 Å². The number of benzene rings is 2. The molecule has 168 valence electrons. The zero-order chi connectivity index (χ0) is 22.2. The summed E-state index contributed by atoms with van der Waals surface area (Å²) >= 11 is 0. The molecule has 6 nitrogen and oxygen atoms in total. The van der Waals surface area contributed by atoms with Gasteiger partial charge in [0.05, 0.1) is 11.3 Å². The molecule has 2 fully saturated rings. The van der Waals surface area contributed by atoms with Crippen LogP contribution in [0, 0.1) is 6.92 Å². The topological polar surface area (TPSA) is 47.1 Å². The molecule has 2 saturated heterocycles. The van der Waals surface area contributed by atoms with Gasteiger partial charge in [0.1, 0.15) is 6.17 Å². The maximum atomic E-state index is 13.3. The molecule has 5 rings (SSSR count). The molecule has 2 aromatic carbocycles. The van der Waals surface area contributed by atoms with Gasteiger partial charge in [-0.25, -0.2) is 0 Å². The fourth-order valence-corrected chi connectivity index (χ4v) is 5.29. The van der Waals surface area contributed by atoms with Crippen molar-refractivity contribution < 1.29 is 9.59 Å². The third-order valence-electron chi connectivity index (χ3n) is 7.25. The third-order valence-corrected chi connectivity index (χ3v) is 7.25. The van der Waals surface area contributed by atoms with Gasteiger partial charge < -0.3 is 19.6 Å². The molecule has 2 aromatic rings. The van der Waals surface area contributed by atoms with Crippen LogP contribution >= 0.6 is 0 Å². The Balaban J connectivity index is 1.31. The van der Waals surface area contributed by atoms with Crippen LogP contribution in [0.15, 0.2) is 42.5 Å².